The molecule has 1 aliphatic rings. The number of carbonyl (C=O) groups is 1. The van der Waals surface area contributed by atoms with Crippen LogP contribution in [0.25, 0.3) is 0 Å². The number of halogens is 1. The van der Waals surface area contributed by atoms with Gasteiger partial charge in [-0.1, -0.05) is 36.7 Å². The van der Waals surface area contributed by atoms with Gasteiger partial charge in [0.15, 0.2) is 0 Å². The maximum Gasteiger partial charge on any atom is 0.226 e. The zero-order valence-electron chi connectivity index (χ0n) is 11.3. The van der Waals surface area contributed by atoms with Gasteiger partial charge in [-0.05, 0) is 44.0 Å². The van der Waals surface area contributed by atoms with Gasteiger partial charge in [0, 0.05) is 11.6 Å². The lowest BCUT2D eigenvalue weighted by atomic mass is 9.76. The zero-order chi connectivity index (χ0) is 13.7. The minimum atomic E-state index is -0.202. The molecule has 0 unspecified atom stereocenters. The quantitative estimate of drug-likeness (QED) is 0.890. The molecule has 104 valence electrons. The molecular weight excluding hydrogens is 260 g/mol. The molecule has 1 heterocycles. The van der Waals surface area contributed by atoms with E-state index < -0.39 is 0 Å². The summed E-state index contributed by atoms with van der Waals surface area (Å²) < 4.78 is 0. The molecule has 1 aromatic rings. The topological polar surface area (TPSA) is 41.1 Å². The second kappa shape index (κ2) is 6.40. The lowest BCUT2D eigenvalue weighted by molar-refractivity contribution is -0.133. The van der Waals surface area contributed by atoms with Crippen molar-refractivity contribution in [3.63, 3.8) is 0 Å². The Balaban J connectivity index is 1.98. The molecule has 19 heavy (non-hydrogen) atoms. The molecule has 0 bridgehead atoms. The molecule has 0 radical (unpaired) electrons. The molecule has 0 saturated carbocycles. The van der Waals surface area contributed by atoms with Crippen LogP contribution in [0.1, 0.15) is 31.7 Å². The number of benzene rings is 1. The van der Waals surface area contributed by atoms with Crippen LogP contribution in [-0.2, 0) is 11.3 Å². The average molecular weight is 281 g/mol. The minimum Gasteiger partial charge on any atom is -0.351 e. The highest BCUT2D eigenvalue weighted by molar-refractivity contribution is 6.31. The summed E-state index contributed by atoms with van der Waals surface area (Å²) in [5, 5.41) is 7.07. The van der Waals surface area contributed by atoms with Gasteiger partial charge in [-0.25, -0.2) is 0 Å². The summed E-state index contributed by atoms with van der Waals surface area (Å²) in [5.41, 5.74) is 0.768. The molecule has 2 N–H and O–H groups in total. The third-order valence-corrected chi connectivity index (χ3v) is 4.49. The SMILES string of the molecule is CCC1(C(=O)NCc2ccccc2Cl)CCNCC1. The molecule has 0 spiro atoms. The summed E-state index contributed by atoms with van der Waals surface area (Å²) in [6.07, 6.45) is 2.72. The Hall–Kier alpha value is -1.06. The van der Waals surface area contributed by atoms with E-state index in [2.05, 4.69) is 17.6 Å². The second-order valence-electron chi connectivity index (χ2n) is 5.16. The summed E-state index contributed by atoms with van der Waals surface area (Å²) >= 11 is 6.10. The highest BCUT2D eigenvalue weighted by Gasteiger charge is 2.37. The Morgan fingerprint density at radius 1 is 1.37 bits per heavy atom. The van der Waals surface area contributed by atoms with Gasteiger partial charge >= 0.3 is 0 Å². The third kappa shape index (κ3) is 3.28. The van der Waals surface area contributed by atoms with Gasteiger partial charge in [-0.2, -0.15) is 0 Å². The summed E-state index contributed by atoms with van der Waals surface area (Å²) in [6.45, 7) is 4.45. The van der Waals surface area contributed by atoms with Crippen LogP contribution in [0, 0.1) is 5.41 Å². The Labute approximate surface area is 119 Å². The first-order valence-corrected chi connectivity index (χ1v) is 7.28. The van der Waals surface area contributed by atoms with Crippen LogP contribution in [0.3, 0.4) is 0 Å². The van der Waals surface area contributed by atoms with Crippen LogP contribution < -0.4 is 10.6 Å². The molecule has 3 nitrogen and oxygen atoms in total. The van der Waals surface area contributed by atoms with Crippen molar-refractivity contribution in [3.8, 4) is 0 Å². The van der Waals surface area contributed by atoms with Crippen LogP contribution >= 0.6 is 11.6 Å². The molecule has 1 saturated heterocycles. The second-order valence-corrected chi connectivity index (χ2v) is 5.57. The van der Waals surface area contributed by atoms with E-state index in [0.29, 0.717) is 11.6 Å². The Morgan fingerprint density at radius 3 is 2.68 bits per heavy atom. The number of hydrogen-bond acceptors (Lipinski definition) is 2. The predicted octanol–water partition coefficient (Wildman–Crippen LogP) is 2.74. The molecule has 2 rings (SSSR count). The molecule has 0 aromatic heterocycles. The van der Waals surface area contributed by atoms with Crippen LogP contribution in [0.5, 0.6) is 0 Å². The van der Waals surface area contributed by atoms with E-state index >= 15 is 0 Å². The van der Waals surface area contributed by atoms with E-state index in [1.807, 2.05) is 24.3 Å². The van der Waals surface area contributed by atoms with E-state index in [4.69, 9.17) is 11.6 Å². The van der Waals surface area contributed by atoms with Crippen molar-refractivity contribution in [3.05, 3.63) is 34.9 Å². The van der Waals surface area contributed by atoms with Crippen molar-refractivity contribution in [2.75, 3.05) is 13.1 Å². The van der Waals surface area contributed by atoms with E-state index in [1.165, 1.54) is 0 Å². The van der Waals surface area contributed by atoms with Crippen LogP contribution in [0.15, 0.2) is 24.3 Å². The number of amides is 1. The van der Waals surface area contributed by atoms with E-state index in [1.54, 1.807) is 0 Å². The van der Waals surface area contributed by atoms with Gasteiger partial charge in [0.05, 0.1) is 5.41 Å². The molecule has 1 aliphatic heterocycles. The van der Waals surface area contributed by atoms with Gasteiger partial charge in [0.2, 0.25) is 5.91 Å². The number of rotatable bonds is 4. The largest absolute Gasteiger partial charge is 0.351 e. The maximum atomic E-state index is 12.5. The molecule has 1 fully saturated rings. The summed E-state index contributed by atoms with van der Waals surface area (Å²) in [5.74, 6) is 0.163. The van der Waals surface area contributed by atoms with Gasteiger partial charge in [-0.3, -0.25) is 4.79 Å². The van der Waals surface area contributed by atoms with Crippen molar-refractivity contribution >= 4 is 17.5 Å². The first kappa shape index (κ1) is 14.4. The Morgan fingerprint density at radius 2 is 2.05 bits per heavy atom. The fraction of sp³-hybridized carbons (Fsp3) is 0.533. The van der Waals surface area contributed by atoms with E-state index in [0.717, 1.165) is 37.9 Å². The first-order chi connectivity index (χ1) is 9.18. The van der Waals surface area contributed by atoms with Crippen LogP contribution in [-0.4, -0.2) is 19.0 Å². The lowest BCUT2D eigenvalue weighted by Crippen LogP contribution is -2.47. The number of piperidine rings is 1. The summed E-state index contributed by atoms with van der Waals surface area (Å²) in [6, 6.07) is 7.63. The molecule has 0 atom stereocenters. The smallest absolute Gasteiger partial charge is 0.226 e. The molecular formula is C15H21ClN2O. The highest BCUT2D eigenvalue weighted by Crippen LogP contribution is 2.32. The zero-order valence-corrected chi connectivity index (χ0v) is 12.1. The number of carbonyl (C=O) groups excluding carboxylic acids is 1. The fourth-order valence-electron chi connectivity index (χ4n) is 2.65. The number of hydrogen-bond donors (Lipinski definition) is 2. The van der Waals surface area contributed by atoms with Gasteiger partial charge < -0.3 is 10.6 Å². The highest BCUT2D eigenvalue weighted by atomic mass is 35.5. The lowest BCUT2D eigenvalue weighted by Gasteiger charge is -2.35. The van der Waals surface area contributed by atoms with E-state index in [-0.39, 0.29) is 11.3 Å². The normalized spacial score (nSPS) is 18.0. The van der Waals surface area contributed by atoms with Crippen molar-refractivity contribution in [2.24, 2.45) is 5.41 Å². The summed E-state index contributed by atoms with van der Waals surface area (Å²) in [4.78, 5) is 12.5. The van der Waals surface area contributed by atoms with Crippen LogP contribution in [0.4, 0.5) is 0 Å². The van der Waals surface area contributed by atoms with Gasteiger partial charge in [-0.15, -0.1) is 0 Å². The van der Waals surface area contributed by atoms with Gasteiger partial charge in [0.1, 0.15) is 0 Å². The standard InChI is InChI=1S/C15H21ClN2O/c1-2-15(7-9-17-10-8-15)14(19)18-11-12-5-3-4-6-13(12)16/h3-6,17H,2,7-11H2,1H3,(H,18,19). The van der Waals surface area contributed by atoms with Crippen LogP contribution in [0.2, 0.25) is 5.02 Å². The Kier molecular flexibility index (Phi) is 4.83. The summed E-state index contributed by atoms with van der Waals surface area (Å²) in [7, 11) is 0. The monoisotopic (exact) mass is 280 g/mol. The predicted molar refractivity (Wildman–Crippen MR) is 78.1 cm³/mol. The van der Waals surface area contributed by atoms with Gasteiger partial charge in [0.25, 0.3) is 0 Å². The van der Waals surface area contributed by atoms with Crippen molar-refractivity contribution in [1.82, 2.24) is 10.6 Å². The average Bonchev–Trinajstić information content (AvgIpc) is 2.46. The van der Waals surface area contributed by atoms with Crippen molar-refractivity contribution in [1.29, 1.82) is 0 Å². The molecule has 1 aromatic carbocycles. The minimum absolute atomic E-state index is 0.163. The van der Waals surface area contributed by atoms with Crippen molar-refractivity contribution < 1.29 is 4.79 Å². The molecule has 1 amide bonds. The third-order valence-electron chi connectivity index (χ3n) is 4.12. The van der Waals surface area contributed by atoms with E-state index in [9.17, 15) is 4.79 Å². The molecule has 4 heteroatoms. The molecule has 0 aliphatic carbocycles. The first-order valence-electron chi connectivity index (χ1n) is 6.90. The number of nitrogens with one attached hydrogen (secondary N) is 2. The fourth-order valence-corrected chi connectivity index (χ4v) is 2.85. The Bertz CT molecular complexity index is 442. The van der Waals surface area contributed by atoms with Crippen molar-refractivity contribution in [2.45, 2.75) is 32.7 Å². The maximum absolute atomic E-state index is 12.5.